The van der Waals surface area contributed by atoms with E-state index in [2.05, 4.69) is 15.8 Å². The lowest BCUT2D eigenvalue weighted by molar-refractivity contribution is -0.117. The average molecular weight is 369 g/mol. The van der Waals surface area contributed by atoms with Crippen molar-refractivity contribution in [3.05, 3.63) is 63.7 Å². The minimum Gasteiger partial charge on any atom is -0.361 e. The number of rotatable bonds is 5. The number of nitrogens with one attached hydrogen (secondary N) is 2. The number of anilines is 2. The van der Waals surface area contributed by atoms with Gasteiger partial charge < -0.3 is 15.2 Å². The maximum absolute atomic E-state index is 12.5. The Morgan fingerprint density at radius 2 is 1.73 bits per heavy atom. The minimum absolute atomic E-state index is 0.144. The molecule has 3 rings (SSSR count). The summed E-state index contributed by atoms with van der Waals surface area (Å²) in [7, 11) is 0. The predicted octanol–water partition coefficient (Wildman–Crippen LogP) is 4.35. The summed E-state index contributed by atoms with van der Waals surface area (Å²) in [5.41, 5.74) is 2.85. The van der Waals surface area contributed by atoms with Crippen LogP contribution in [0.25, 0.3) is 0 Å². The van der Waals surface area contributed by atoms with Crippen molar-refractivity contribution < 1.29 is 14.1 Å². The Morgan fingerprint density at radius 3 is 2.27 bits per heavy atom. The molecule has 0 saturated heterocycles. The first kappa shape index (κ1) is 17.9. The lowest BCUT2D eigenvalue weighted by Gasteiger charge is -2.12. The van der Waals surface area contributed by atoms with Crippen molar-refractivity contribution in [1.82, 2.24) is 5.16 Å². The second-order valence-corrected chi connectivity index (χ2v) is 6.91. The zero-order valence-corrected chi connectivity index (χ0v) is 15.5. The summed E-state index contributed by atoms with van der Waals surface area (Å²) >= 11 is 1.38. The van der Waals surface area contributed by atoms with E-state index in [1.54, 1.807) is 37.3 Å². The summed E-state index contributed by atoms with van der Waals surface area (Å²) in [6.07, 6.45) is 0. The molecule has 1 aromatic carbocycles. The molecule has 2 N–H and O–H groups in total. The molecule has 7 heteroatoms. The number of aromatic nitrogens is 1. The first-order valence-corrected chi connectivity index (χ1v) is 9.02. The van der Waals surface area contributed by atoms with Crippen LogP contribution in [0.1, 0.15) is 39.5 Å². The zero-order valence-electron chi connectivity index (χ0n) is 14.7. The van der Waals surface area contributed by atoms with Crippen LogP contribution in [-0.4, -0.2) is 17.0 Å². The van der Waals surface area contributed by atoms with Crippen molar-refractivity contribution in [1.29, 1.82) is 0 Å². The average Bonchev–Trinajstić information content (AvgIpc) is 3.26. The van der Waals surface area contributed by atoms with Gasteiger partial charge in [0.2, 0.25) is 5.91 Å². The first-order valence-electron chi connectivity index (χ1n) is 8.14. The standard InChI is InChI=1S/C19H19N3O3S/c1-11(17-12(2)22-25-13(17)3)18(23)20-14-6-8-15(9-7-14)21-19(24)16-5-4-10-26-16/h4-11H,1-3H3,(H,20,23)(H,21,24). The van der Waals surface area contributed by atoms with Gasteiger partial charge in [-0.25, -0.2) is 0 Å². The maximum Gasteiger partial charge on any atom is 0.265 e. The molecule has 0 aliphatic rings. The van der Waals surface area contributed by atoms with Crippen molar-refractivity contribution in [2.45, 2.75) is 26.7 Å². The Hall–Kier alpha value is -2.93. The van der Waals surface area contributed by atoms with Gasteiger partial charge in [-0.2, -0.15) is 0 Å². The van der Waals surface area contributed by atoms with E-state index in [0.717, 1.165) is 11.3 Å². The molecule has 0 bridgehead atoms. The van der Waals surface area contributed by atoms with E-state index < -0.39 is 0 Å². The number of hydrogen-bond acceptors (Lipinski definition) is 5. The van der Waals surface area contributed by atoms with Crippen molar-refractivity contribution in [3.8, 4) is 0 Å². The Bertz CT molecular complexity index is 895. The van der Waals surface area contributed by atoms with Crippen molar-refractivity contribution in [2.24, 2.45) is 0 Å². The number of benzene rings is 1. The number of carbonyl (C=O) groups excluding carboxylic acids is 2. The van der Waals surface area contributed by atoms with Crippen LogP contribution >= 0.6 is 11.3 Å². The van der Waals surface area contributed by atoms with E-state index in [0.29, 0.717) is 22.0 Å². The second-order valence-electron chi connectivity index (χ2n) is 5.96. The number of aryl methyl sites for hydroxylation is 2. The van der Waals surface area contributed by atoms with Crippen LogP contribution in [0.3, 0.4) is 0 Å². The van der Waals surface area contributed by atoms with Gasteiger partial charge in [-0.3, -0.25) is 9.59 Å². The molecule has 0 spiro atoms. The Labute approximate surface area is 155 Å². The third-order valence-corrected chi connectivity index (χ3v) is 4.94. The summed E-state index contributed by atoms with van der Waals surface area (Å²) in [6.45, 7) is 5.43. The Balaban J connectivity index is 1.64. The molecule has 1 unspecified atom stereocenters. The van der Waals surface area contributed by atoms with Crippen molar-refractivity contribution in [2.75, 3.05) is 10.6 Å². The normalized spacial score (nSPS) is 11.8. The molecule has 3 aromatic rings. The molecule has 0 radical (unpaired) electrons. The number of carbonyl (C=O) groups is 2. The second kappa shape index (κ2) is 7.53. The molecule has 6 nitrogen and oxygen atoms in total. The largest absolute Gasteiger partial charge is 0.361 e. The predicted molar refractivity (Wildman–Crippen MR) is 102 cm³/mol. The van der Waals surface area contributed by atoms with Gasteiger partial charge in [0.15, 0.2) is 0 Å². The highest BCUT2D eigenvalue weighted by molar-refractivity contribution is 7.12. The molecule has 2 aromatic heterocycles. The fourth-order valence-corrected chi connectivity index (χ4v) is 3.35. The van der Waals surface area contributed by atoms with E-state index in [1.165, 1.54) is 11.3 Å². The highest BCUT2D eigenvalue weighted by atomic mass is 32.1. The molecule has 0 aliphatic carbocycles. The molecule has 0 fully saturated rings. The van der Waals surface area contributed by atoms with Crippen LogP contribution in [0.15, 0.2) is 46.3 Å². The number of nitrogens with zero attached hydrogens (tertiary/aromatic N) is 1. The maximum atomic E-state index is 12.5. The summed E-state index contributed by atoms with van der Waals surface area (Å²) < 4.78 is 5.13. The number of amides is 2. The van der Waals surface area contributed by atoms with Gasteiger partial charge in [-0.1, -0.05) is 11.2 Å². The number of hydrogen-bond donors (Lipinski definition) is 2. The lowest BCUT2D eigenvalue weighted by atomic mass is 9.98. The highest BCUT2D eigenvalue weighted by Crippen LogP contribution is 2.25. The molecule has 134 valence electrons. The first-order chi connectivity index (χ1) is 12.5. The van der Waals surface area contributed by atoms with E-state index in [9.17, 15) is 9.59 Å². The van der Waals surface area contributed by atoms with Gasteiger partial charge in [-0.15, -0.1) is 11.3 Å². The van der Waals surface area contributed by atoms with Crippen molar-refractivity contribution >= 4 is 34.5 Å². The van der Waals surface area contributed by atoms with Gasteiger partial charge >= 0.3 is 0 Å². The van der Waals surface area contributed by atoms with Gasteiger partial charge in [0.1, 0.15) is 5.76 Å². The van der Waals surface area contributed by atoms with Crippen LogP contribution in [0, 0.1) is 13.8 Å². The molecule has 0 saturated carbocycles. The van der Waals surface area contributed by atoms with E-state index in [-0.39, 0.29) is 17.7 Å². The quantitative estimate of drug-likeness (QED) is 0.700. The summed E-state index contributed by atoms with van der Waals surface area (Å²) in [5, 5.41) is 11.4. The van der Waals surface area contributed by atoms with E-state index in [4.69, 9.17) is 4.52 Å². The topological polar surface area (TPSA) is 84.2 Å². The molecule has 26 heavy (non-hydrogen) atoms. The summed E-state index contributed by atoms with van der Waals surface area (Å²) in [5.74, 6) is -0.0187. The SMILES string of the molecule is Cc1noc(C)c1C(C)C(=O)Nc1ccc(NC(=O)c2cccs2)cc1. The van der Waals surface area contributed by atoms with E-state index >= 15 is 0 Å². The van der Waals surface area contributed by atoms with E-state index in [1.807, 2.05) is 25.3 Å². The molecule has 0 aliphatic heterocycles. The highest BCUT2D eigenvalue weighted by Gasteiger charge is 2.22. The van der Waals surface area contributed by atoms with Gasteiger partial charge in [-0.05, 0) is 56.5 Å². The molecule has 1 atom stereocenters. The smallest absolute Gasteiger partial charge is 0.265 e. The zero-order chi connectivity index (χ0) is 18.7. The summed E-state index contributed by atoms with van der Waals surface area (Å²) in [4.78, 5) is 25.2. The number of thiophene rings is 1. The molecular formula is C19H19N3O3S. The molecule has 2 heterocycles. The van der Waals surface area contributed by atoms with Gasteiger partial charge in [0, 0.05) is 16.9 Å². The fourth-order valence-electron chi connectivity index (χ4n) is 2.73. The van der Waals surface area contributed by atoms with Gasteiger partial charge in [0.05, 0.1) is 16.5 Å². The van der Waals surface area contributed by atoms with Crippen LogP contribution in [0.2, 0.25) is 0 Å². The lowest BCUT2D eigenvalue weighted by Crippen LogP contribution is -2.19. The molecule has 2 amide bonds. The monoisotopic (exact) mass is 369 g/mol. The summed E-state index contributed by atoms with van der Waals surface area (Å²) in [6, 6.07) is 10.6. The van der Waals surface area contributed by atoms with Crippen LogP contribution < -0.4 is 10.6 Å². The Kier molecular flexibility index (Phi) is 5.18. The molecular weight excluding hydrogens is 350 g/mol. The Morgan fingerprint density at radius 1 is 1.08 bits per heavy atom. The third kappa shape index (κ3) is 3.83. The van der Waals surface area contributed by atoms with Crippen LogP contribution in [0.4, 0.5) is 11.4 Å². The minimum atomic E-state index is -0.376. The van der Waals surface area contributed by atoms with Crippen LogP contribution in [0.5, 0.6) is 0 Å². The van der Waals surface area contributed by atoms with Gasteiger partial charge in [0.25, 0.3) is 5.91 Å². The fraction of sp³-hybridized carbons (Fsp3) is 0.211. The van der Waals surface area contributed by atoms with Crippen molar-refractivity contribution in [3.63, 3.8) is 0 Å². The third-order valence-electron chi connectivity index (χ3n) is 4.07. The van der Waals surface area contributed by atoms with Crippen LogP contribution in [-0.2, 0) is 4.79 Å².